The van der Waals surface area contributed by atoms with E-state index in [0.717, 1.165) is 19.3 Å². The molecule has 2 aromatic carbocycles. The molecule has 2 rings (SSSR count). The molecule has 0 aliphatic carbocycles. The topological polar surface area (TPSA) is 52.0 Å². The van der Waals surface area contributed by atoms with Gasteiger partial charge in [-0.05, 0) is 52.6 Å². The standard InChI is InChI=1S/C19H26N2/c1-3-14-5-16(10-18(7-14)12-20)9-17-6-15(4-2)8-19(11-17)13-21/h5-8,10-11H,3-4,9,12-13,20-21H2,1-2H3. The van der Waals surface area contributed by atoms with Crippen molar-refractivity contribution in [2.75, 3.05) is 0 Å². The fourth-order valence-corrected chi connectivity index (χ4v) is 2.76. The van der Waals surface area contributed by atoms with Crippen LogP contribution in [0.15, 0.2) is 36.4 Å². The van der Waals surface area contributed by atoms with Crippen molar-refractivity contribution in [3.05, 3.63) is 69.8 Å². The largest absolute Gasteiger partial charge is 0.326 e. The molecule has 112 valence electrons. The normalized spacial score (nSPS) is 10.9. The lowest BCUT2D eigenvalue weighted by atomic mass is 9.96. The van der Waals surface area contributed by atoms with E-state index >= 15 is 0 Å². The first-order valence-corrected chi connectivity index (χ1v) is 7.82. The Morgan fingerprint density at radius 1 is 0.571 bits per heavy atom. The van der Waals surface area contributed by atoms with Crippen LogP contribution in [0.4, 0.5) is 0 Å². The van der Waals surface area contributed by atoms with Crippen LogP contribution in [0.3, 0.4) is 0 Å². The van der Waals surface area contributed by atoms with Gasteiger partial charge in [-0.15, -0.1) is 0 Å². The highest BCUT2D eigenvalue weighted by Crippen LogP contribution is 2.18. The van der Waals surface area contributed by atoms with Gasteiger partial charge in [-0.1, -0.05) is 50.2 Å². The maximum absolute atomic E-state index is 5.81. The molecule has 0 aliphatic heterocycles. The molecule has 4 N–H and O–H groups in total. The van der Waals surface area contributed by atoms with Gasteiger partial charge in [0, 0.05) is 13.1 Å². The third-order valence-electron chi connectivity index (χ3n) is 3.92. The highest BCUT2D eigenvalue weighted by atomic mass is 14.5. The van der Waals surface area contributed by atoms with E-state index in [4.69, 9.17) is 11.5 Å². The Morgan fingerprint density at radius 2 is 0.905 bits per heavy atom. The Morgan fingerprint density at radius 3 is 1.24 bits per heavy atom. The maximum atomic E-state index is 5.81. The predicted molar refractivity (Wildman–Crippen MR) is 90.2 cm³/mol. The average molecular weight is 282 g/mol. The first-order valence-electron chi connectivity index (χ1n) is 7.82. The molecule has 0 atom stereocenters. The van der Waals surface area contributed by atoms with E-state index in [1.165, 1.54) is 33.4 Å². The van der Waals surface area contributed by atoms with E-state index in [1.54, 1.807) is 0 Å². The van der Waals surface area contributed by atoms with Crippen LogP contribution < -0.4 is 11.5 Å². The lowest BCUT2D eigenvalue weighted by molar-refractivity contribution is 1.01. The molecule has 21 heavy (non-hydrogen) atoms. The Bertz CT molecular complexity index is 505. The molecule has 2 aromatic rings. The molecule has 0 radical (unpaired) electrons. The predicted octanol–water partition coefficient (Wildman–Crippen LogP) is 3.32. The van der Waals surface area contributed by atoms with Crippen molar-refractivity contribution >= 4 is 0 Å². The molecule has 0 unspecified atom stereocenters. The third-order valence-corrected chi connectivity index (χ3v) is 3.92. The zero-order valence-electron chi connectivity index (χ0n) is 13.2. The highest BCUT2D eigenvalue weighted by Gasteiger charge is 2.04. The smallest absolute Gasteiger partial charge is 0.0178 e. The van der Waals surface area contributed by atoms with Gasteiger partial charge < -0.3 is 11.5 Å². The van der Waals surface area contributed by atoms with Crippen molar-refractivity contribution < 1.29 is 0 Å². The molecule has 0 aromatic heterocycles. The Kier molecular flexibility index (Phi) is 5.54. The summed E-state index contributed by atoms with van der Waals surface area (Å²) >= 11 is 0. The minimum atomic E-state index is 0.601. The lowest BCUT2D eigenvalue weighted by Crippen LogP contribution is -2.02. The SMILES string of the molecule is CCc1cc(CN)cc(Cc2cc(CC)cc(CN)c2)c1. The van der Waals surface area contributed by atoms with Crippen molar-refractivity contribution in [3.63, 3.8) is 0 Å². The van der Waals surface area contributed by atoms with E-state index in [-0.39, 0.29) is 0 Å². The van der Waals surface area contributed by atoms with Crippen molar-refractivity contribution in [1.29, 1.82) is 0 Å². The van der Waals surface area contributed by atoms with E-state index in [1.807, 2.05) is 0 Å². The lowest BCUT2D eigenvalue weighted by Gasteiger charge is -2.11. The second-order valence-electron chi connectivity index (χ2n) is 5.61. The van der Waals surface area contributed by atoms with E-state index in [2.05, 4.69) is 50.2 Å². The Labute approximate surface area is 128 Å². The van der Waals surface area contributed by atoms with Crippen LogP contribution in [0, 0.1) is 0 Å². The van der Waals surface area contributed by atoms with Gasteiger partial charge in [0.05, 0.1) is 0 Å². The van der Waals surface area contributed by atoms with Crippen molar-refractivity contribution in [2.24, 2.45) is 11.5 Å². The molecule has 2 nitrogen and oxygen atoms in total. The molecule has 0 saturated carbocycles. The minimum absolute atomic E-state index is 0.601. The molecule has 0 bridgehead atoms. The molecule has 0 fully saturated rings. The summed E-state index contributed by atoms with van der Waals surface area (Å²) in [4.78, 5) is 0. The molecule has 0 saturated heterocycles. The van der Waals surface area contributed by atoms with Crippen LogP contribution in [0.2, 0.25) is 0 Å². The molecular formula is C19H26N2. The third kappa shape index (κ3) is 4.16. The molecular weight excluding hydrogens is 256 g/mol. The number of nitrogens with two attached hydrogens (primary N) is 2. The average Bonchev–Trinajstić information content (AvgIpc) is 2.53. The summed E-state index contributed by atoms with van der Waals surface area (Å²) in [6.45, 7) is 5.57. The summed E-state index contributed by atoms with van der Waals surface area (Å²) < 4.78 is 0. The van der Waals surface area contributed by atoms with Crippen molar-refractivity contribution in [2.45, 2.75) is 46.2 Å². The second kappa shape index (κ2) is 7.39. The highest BCUT2D eigenvalue weighted by molar-refractivity contribution is 5.37. The van der Waals surface area contributed by atoms with Crippen LogP contribution in [0.25, 0.3) is 0 Å². The van der Waals surface area contributed by atoms with Crippen LogP contribution in [-0.4, -0.2) is 0 Å². The van der Waals surface area contributed by atoms with E-state index in [0.29, 0.717) is 13.1 Å². The van der Waals surface area contributed by atoms with Gasteiger partial charge in [0.25, 0.3) is 0 Å². The summed E-state index contributed by atoms with van der Waals surface area (Å²) in [6, 6.07) is 13.4. The van der Waals surface area contributed by atoms with Crippen LogP contribution >= 0.6 is 0 Å². The van der Waals surface area contributed by atoms with Gasteiger partial charge >= 0.3 is 0 Å². The molecule has 0 aliphatic rings. The van der Waals surface area contributed by atoms with Gasteiger partial charge in [-0.3, -0.25) is 0 Å². The number of hydrogen-bond donors (Lipinski definition) is 2. The fraction of sp³-hybridized carbons (Fsp3) is 0.368. The van der Waals surface area contributed by atoms with Crippen molar-refractivity contribution in [1.82, 2.24) is 0 Å². The van der Waals surface area contributed by atoms with Crippen LogP contribution in [0.1, 0.15) is 47.2 Å². The van der Waals surface area contributed by atoms with Gasteiger partial charge in [-0.25, -0.2) is 0 Å². The second-order valence-corrected chi connectivity index (χ2v) is 5.61. The fourth-order valence-electron chi connectivity index (χ4n) is 2.76. The summed E-state index contributed by atoms with van der Waals surface area (Å²) in [5.74, 6) is 0. The zero-order chi connectivity index (χ0) is 15.2. The van der Waals surface area contributed by atoms with Gasteiger partial charge in [0.1, 0.15) is 0 Å². The van der Waals surface area contributed by atoms with Gasteiger partial charge in [-0.2, -0.15) is 0 Å². The summed E-state index contributed by atoms with van der Waals surface area (Å²) in [5.41, 5.74) is 19.5. The number of benzene rings is 2. The first-order chi connectivity index (χ1) is 10.2. The summed E-state index contributed by atoms with van der Waals surface area (Å²) in [5, 5.41) is 0. The van der Waals surface area contributed by atoms with Gasteiger partial charge in [0.15, 0.2) is 0 Å². The van der Waals surface area contributed by atoms with Crippen molar-refractivity contribution in [3.8, 4) is 0 Å². The summed E-state index contributed by atoms with van der Waals surface area (Å²) in [6.07, 6.45) is 3.04. The number of hydrogen-bond acceptors (Lipinski definition) is 2. The van der Waals surface area contributed by atoms with Gasteiger partial charge in [0.2, 0.25) is 0 Å². The Balaban J connectivity index is 2.32. The molecule has 0 heterocycles. The number of aryl methyl sites for hydroxylation is 2. The zero-order valence-corrected chi connectivity index (χ0v) is 13.2. The minimum Gasteiger partial charge on any atom is -0.326 e. The van der Waals surface area contributed by atoms with E-state index in [9.17, 15) is 0 Å². The monoisotopic (exact) mass is 282 g/mol. The Hall–Kier alpha value is -1.64. The summed E-state index contributed by atoms with van der Waals surface area (Å²) in [7, 11) is 0. The first kappa shape index (κ1) is 15.7. The van der Waals surface area contributed by atoms with Crippen LogP contribution in [-0.2, 0) is 32.4 Å². The maximum Gasteiger partial charge on any atom is 0.0178 e. The molecule has 0 spiro atoms. The molecule has 0 amide bonds. The quantitative estimate of drug-likeness (QED) is 0.854. The number of rotatable bonds is 6. The van der Waals surface area contributed by atoms with Crippen LogP contribution in [0.5, 0.6) is 0 Å². The molecule has 2 heteroatoms. The van der Waals surface area contributed by atoms with E-state index < -0.39 is 0 Å².